The Hall–Kier alpha value is -2.48. The fourth-order valence-electron chi connectivity index (χ4n) is 2.34. The second kappa shape index (κ2) is 5.06. The summed E-state index contributed by atoms with van der Waals surface area (Å²) in [5, 5.41) is 0.191. The number of halogens is 1. The molecule has 0 aliphatic rings. The number of hydrogen-bond donors (Lipinski definition) is 1. The summed E-state index contributed by atoms with van der Waals surface area (Å²) in [4.78, 5) is 42.7. The quantitative estimate of drug-likeness (QED) is 0.691. The lowest BCUT2D eigenvalue weighted by molar-refractivity contribution is 0.705. The monoisotopic (exact) mass is 362 g/mol. The standard InChI is InChI=1S/C14H11BrN4O3/c1-18-11-9(12(20)19(2)14(18)22)10(16-13(21)17-11)7-5-3-4-6-8(7)15/h3-6H,1-2H3,(H,16,17,21). The Labute approximate surface area is 132 Å². The van der Waals surface area contributed by atoms with E-state index >= 15 is 0 Å². The Morgan fingerprint density at radius 1 is 1.09 bits per heavy atom. The molecule has 0 saturated heterocycles. The molecule has 0 fully saturated rings. The first kappa shape index (κ1) is 14.5. The van der Waals surface area contributed by atoms with E-state index in [1.165, 1.54) is 18.7 Å². The van der Waals surface area contributed by atoms with Gasteiger partial charge in [0.15, 0.2) is 5.65 Å². The summed E-state index contributed by atoms with van der Waals surface area (Å²) in [6.07, 6.45) is 0. The van der Waals surface area contributed by atoms with Crippen molar-refractivity contribution < 1.29 is 0 Å². The second-order valence-electron chi connectivity index (χ2n) is 4.80. The van der Waals surface area contributed by atoms with Gasteiger partial charge in [0.1, 0.15) is 5.39 Å². The van der Waals surface area contributed by atoms with Gasteiger partial charge in [0.05, 0.1) is 5.69 Å². The van der Waals surface area contributed by atoms with E-state index in [4.69, 9.17) is 0 Å². The van der Waals surface area contributed by atoms with Gasteiger partial charge in [-0.05, 0) is 6.07 Å². The van der Waals surface area contributed by atoms with Gasteiger partial charge < -0.3 is 4.98 Å². The molecule has 0 aliphatic heterocycles. The molecule has 0 atom stereocenters. The third-order valence-electron chi connectivity index (χ3n) is 3.47. The van der Waals surface area contributed by atoms with Crippen LogP contribution in [0, 0.1) is 0 Å². The van der Waals surface area contributed by atoms with Crippen LogP contribution in [0.4, 0.5) is 0 Å². The minimum atomic E-state index is -0.624. The number of rotatable bonds is 1. The normalized spacial score (nSPS) is 11.0. The van der Waals surface area contributed by atoms with Gasteiger partial charge in [-0.2, -0.15) is 4.98 Å². The molecular formula is C14H11BrN4O3. The van der Waals surface area contributed by atoms with Crippen molar-refractivity contribution in [1.29, 1.82) is 0 Å². The van der Waals surface area contributed by atoms with E-state index < -0.39 is 16.9 Å². The first-order valence-electron chi connectivity index (χ1n) is 6.36. The van der Waals surface area contributed by atoms with Crippen molar-refractivity contribution in [2.45, 2.75) is 0 Å². The zero-order chi connectivity index (χ0) is 16.0. The highest BCUT2D eigenvalue weighted by atomic mass is 79.9. The number of fused-ring (bicyclic) bond motifs is 1. The van der Waals surface area contributed by atoms with E-state index in [0.717, 1.165) is 4.57 Å². The van der Waals surface area contributed by atoms with Crippen molar-refractivity contribution in [2.75, 3.05) is 0 Å². The van der Waals surface area contributed by atoms with Gasteiger partial charge in [0, 0.05) is 24.1 Å². The lowest BCUT2D eigenvalue weighted by Crippen LogP contribution is -2.38. The van der Waals surface area contributed by atoms with Crippen LogP contribution in [-0.2, 0) is 14.1 Å². The number of benzene rings is 1. The molecule has 0 radical (unpaired) electrons. The van der Waals surface area contributed by atoms with Crippen LogP contribution in [0.25, 0.3) is 22.3 Å². The summed E-state index contributed by atoms with van der Waals surface area (Å²) < 4.78 is 2.89. The average molecular weight is 363 g/mol. The minimum absolute atomic E-state index is 0.0580. The lowest BCUT2D eigenvalue weighted by Gasteiger charge is -2.10. The Morgan fingerprint density at radius 2 is 1.77 bits per heavy atom. The van der Waals surface area contributed by atoms with E-state index in [0.29, 0.717) is 15.7 Å². The van der Waals surface area contributed by atoms with Gasteiger partial charge in [-0.3, -0.25) is 13.9 Å². The molecule has 3 rings (SSSR count). The highest BCUT2D eigenvalue weighted by Gasteiger charge is 2.17. The Balaban J connectivity index is 2.63. The van der Waals surface area contributed by atoms with E-state index in [1.54, 1.807) is 18.2 Å². The highest BCUT2D eigenvalue weighted by molar-refractivity contribution is 9.10. The molecule has 7 nitrogen and oxygen atoms in total. The fraction of sp³-hybridized carbons (Fsp3) is 0.143. The molecule has 1 N–H and O–H groups in total. The van der Waals surface area contributed by atoms with Gasteiger partial charge in [-0.25, -0.2) is 9.59 Å². The van der Waals surface area contributed by atoms with E-state index in [2.05, 4.69) is 25.9 Å². The van der Waals surface area contributed by atoms with E-state index in [9.17, 15) is 14.4 Å². The number of nitrogens with zero attached hydrogens (tertiary/aromatic N) is 3. The van der Waals surface area contributed by atoms with Crippen LogP contribution in [0.3, 0.4) is 0 Å². The van der Waals surface area contributed by atoms with Crippen LogP contribution >= 0.6 is 15.9 Å². The third-order valence-corrected chi connectivity index (χ3v) is 4.16. The molecule has 8 heteroatoms. The smallest absolute Gasteiger partial charge is 0.304 e. The van der Waals surface area contributed by atoms with Crippen LogP contribution in [0.5, 0.6) is 0 Å². The molecular weight excluding hydrogens is 352 g/mol. The zero-order valence-electron chi connectivity index (χ0n) is 11.8. The molecule has 0 aliphatic carbocycles. The summed E-state index contributed by atoms with van der Waals surface area (Å²) in [6, 6.07) is 7.17. The van der Waals surface area contributed by atoms with Crippen molar-refractivity contribution in [1.82, 2.24) is 19.1 Å². The molecule has 2 heterocycles. The molecule has 3 aromatic rings. The summed E-state index contributed by atoms with van der Waals surface area (Å²) in [6.45, 7) is 0. The van der Waals surface area contributed by atoms with Crippen molar-refractivity contribution in [3.63, 3.8) is 0 Å². The maximum Gasteiger partial charge on any atom is 0.347 e. The molecule has 0 amide bonds. The molecule has 112 valence electrons. The largest absolute Gasteiger partial charge is 0.347 e. The van der Waals surface area contributed by atoms with Crippen molar-refractivity contribution >= 4 is 27.0 Å². The SMILES string of the molecule is Cn1c(=O)c2c(-c3ccccc3Br)[nH]c(=O)nc2n(C)c1=O. The van der Waals surface area contributed by atoms with Gasteiger partial charge in [-0.15, -0.1) is 0 Å². The fourth-order valence-corrected chi connectivity index (χ4v) is 2.83. The Morgan fingerprint density at radius 3 is 2.45 bits per heavy atom. The Bertz CT molecular complexity index is 1080. The van der Waals surface area contributed by atoms with E-state index in [1.807, 2.05) is 6.07 Å². The molecule has 22 heavy (non-hydrogen) atoms. The highest BCUT2D eigenvalue weighted by Crippen LogP contribution is 2.28. The van der Waals surface area contributed by atoms with Crippen LogP contribution in [0.1, 0.15) is 0 Å². The summed E-state index contributed by atoms with van der Waals surface area (Å²) in [7, 11) is 2.86. The molecule has 0 bridgehead atoms. The van der Waals surface area contributed by atoms with E-state index in [-0.39, 0.29) is 11.0 Å². The molecule has 0 spiro atoms. The predicted octanol–water partition coefficient (Wildman–Crippen LogP) is 0.750. The molecule has 0 saturated carbocycles. The first-order valence-corrected chi connectivity index (χ1v) is 7.16. The zero-order valence-corrected chi connectivity index (χ0v) is 13.3. The summed E-state index contributed by atoms with van der Waals surface area (Å²) >= 11 is 3.40. The topological polar surface area (TPSA) is 89.8 Å². The molecule has 1 aromatic carbocycles. The van der Waals surface area contributed by atoms with Crippen LogP contribution < -0.4 is 16.9 Å². The van der Waals surface area contributed by atoms with Crippen molar-refractivity contribution in [3.05, 3.63) is 60.1 Å². The minimum Gasteiger partial charge on any atom is -0.304 e. The molecule has 2 aromatic heterocycles. The van der Waals surface area contributed by atoms with Crippen LogP contribution in [0.15, 0.2) is 43.1 Å². The maximum absolute atomic E-state index is 12.5. The number of aryl methyl sites for hydroxylation is 1. The van der Waals surface area contributed by atoms with Crippen LogP contribution in [0.2, 0.25) is 0 Å². The number of H-pyrrole nitrogens is 1. The van der Waals surface area contributed by atoms with Crippen molar-refractivity contribution in [2.24, 2.45) is 14.1 Å². The lowest BCUT2D eigenvalue weighted by atomic mass is 10.1. The summed E-state index contributed by atoms with van der Waals surface area (Å²) in [5.74, 6) is 0. The number of aromatic nitrogens is 4. The van der Waals surface area contributed by atoms with Crippen molar-refractivity contribution in [3.8, 4) is 11.3 Å². The number of aromatic amines is 1. The van der Waals surface area contributed by atoms with Crippen LogP contribution in [-0.4, -0.2) is 19.1 Å². The van der Waals surface area contributed by atoms with Gasteiger partial charge in [-0.1, -0.05) is 34.1 Å². The maximum atomic E-state index is 12.5. The van der Waals surface area contributed by atoms with Gasteiger partial charge in [0.25, 0.3) is 5.56 Å². The molecule has 0 unspecified atom stereocenters. The number of hydrogen-bond acceptors (Lipinski definition) is 4. The van der Waals surface area contributed by atoms with Gasteiger partial charge in [0.2, 0.25) is 0 Å². The second-order valence-corrected chi connectivity index (χ2v) is 5.66. The average Bonchev–Trinajstić information content (AvgIpc) is 2.50. The number of nitrogens with one attached hydrogen (secondary N) is 1. The van der Waals surface area contributed by atoms with Gasteiger partial charge >= 0.3 is 11.4 Å². The third kappa shape index (κ3) is 2.03. The Kier molecular flexibility index (Phi) is 3.32. The predicted molar refractivity (Wildman–Crippen MR) is 86.0 cm³/mol. The first-order chi connectivity index (χ1) is 10.4. The summed E-state index contributed by atoms with van der Waals surface area (Å²) in [5.41, 5.74) is -0.633.